The van der Waals surface area contributed by atoms with Gasteiger partial charge in [0.2, 0.25) is 11.7 Å². The van der Waals surface area contributed by atoms with Crippen LogP contribution in [0.2, 0.25) is 0 Å². The van der Waals surface area contributed by atoms with Gasteiger partial charge in [0.15, 0.2) is 11.6 Å². The van der Waals surface area contributed by atoms with Crippen LogP contribution >= 0.6 is 0 Å². The van der Waals surface area contributed by atoms with Gasteiger partial charge in [-0.15, -0.1) is 0 Å². The smallest absolute Gasteiger partial charge is 0.387 e. The van der Waals surface area contributed by atoms with Crippen LogP contribution in [0.15, 0.2) is 47.0 Å². The lowest BCUT2D eigenvalue weighted by atomic mass is 10.2. The Morgan fingerprint density at radius 2 is 1.72 bits per heavy atom. The number of nitrogens with zero attached hydrogens (tertiary/aromatic N) is 4. The summed E-state index contributed by atoms with van der Waals surface area (Å²) in [6, 6.07) is 11.3. The number of aromatic nitrogens is 2. The number of rotatable bonds is 8. The molecule has 2 aromatic carbocycles. The maximum absolute atomic E-state index is 13.9. The van der Waals surface area contributed by atoms with Gasteiger partial charge in [-0.1, -0.05) is 23.4 Å². The molecule has 1 aliphatic heterocycles. The van der Waals surface area contributed by atoms with Gasteiger partial charge < -0.3 is 14.0 Å². The van der Waals surface area contributed by atoms with Gasteiger partial charge in [0, 0.05) is 32.7 Å². The number of benzene rings is 2. The minimum Gasteiger partial charge on any atom is -0.494 e. The number of ether oxygens (including phenoxy) is 2. The first-order valence-electron chi connectivity index (χ1n) is 10.2. The van der Waals surface area contributed by atoms with Crippen molar-refractivity contribution in [3.8, 4) is 22.9 Å². The van der Waals surface area contributed by atoms with Crippen molar-refractivity contribution in [2.24, 2.45) is 0 Å². The van der Waals surface area contributed by atoms with Gasteiger partial charge in [0.25, 0.3) is 0 Å². The van der Waals surface area contributed by atoms with E-state index in [1.165, 1.54) is 19.2 Å². The highest BCUT2D eigenvalue weighted by atomic mass is 19.3. The molecular formula is C22H23F3N4O3. The molecule has 1 saturated heterocycles. The standard InChI is InChI=1S/C22H23F3N4O3/c1-30-19-7-6-15(12-17(19)23)13-28-8-10-29(11-9-28)14-20-26-21(27-32-20)16-4-2-3-5-18(16)31-22(24)25/h2-7,12,22H,8-11,13-14H2,1H3. The summed E-state index contributed by atoms with van der Waals surface area (Å²) in [4.78, 5) is 8.76. The van der Waals surface area contributed by atoms with E-state index in [-0.39, 0.29) is 23.1 Å². The highest BCUT2D eigenvalue weighted by Gasteiger charge is 2.21. The molecule has 0 atom stereocenters. The van der Waals surface area contributed by atoms with Crippen LogP contribution in [0.5, 0.6) is 11.5 Å². The van der Waals surface area contributed by atoms with E-state index in [1.54, 1.807) is 24.3 Å². The third-order valence-electron chi connectivity index (χ3n) is 5.26. The van der Waals surface area contributed by atoms with Gasteiger partial charge in [0.1, 0.15) is 5.75 Å². The molecule has 1 aliphatic rings. The predicted octanol–water partition coefficient (Wildman–Crippen LogP) is 3.80. The number of halogens is 3. The van der Waals surface area contributed by atoms with Gasteiger partial charge in [-0.3, -0.25) is 9.80 Å². The van der Waals surface area contributed by atoms with Crippen LogP contribution in [0.4, 0.5) is 13.2 Å². The molecule has 0 amide bonds. The molecule has 4 rings (SSSR count). The molecule has 7 nitrogen and oxygen atoms in total. The molecule has 10 heteroatoms. The van der Waals surface area contributed by atoms with Crippen molar-refractivity contribution >= 4 is 0 Å². The molecule has 32 heavy (non-hydrogen) atoms. The van der Waals surface area contributed by atoms with E-state index in [4.69, 9.17) is 9.26 Å². The highest BCUT2D eigenvalue weighted by molar-refractivity contribution is 5.63. The van der Waals surface area contributed by atoms with E-state index in [2.05, 4.69) is 24.7 Å². The van der Waals surface area contributed by atoms with Crippen molar-refractivity contribution in [3.63, 3.8) is 0 Å². The van der Waals surface area contributed by atoms with E-state index in [0.29, 0.717) is 24.5 Å². The SMILES string of the molecule is COc1ccc(CN2CCN(Cc3nc(-c4ccccc4OC(F)F)no3)CC2)cc1F. The fraction of sp³-hybridized carbons (Fsp3) is 0.364. The van der Waals surface area contributed by atoms with E-state index in [0.717, 1.165) is 31.7 Å². The molecule has 0 unspecified atom stereocenters. The van der Waals surface area contributed by atoms with Gasteiger partial charge in [0.05, 0.1) is 19.2 Å². The molecule has 0 spiro atoms. The summed E-state index contributed by atoms with van der Waals surface area (Å²) >= 11 is 0. The van der Waals surface area contributed by atoms with Crippen LogP contribution in [-0.4, -0.2) is 59.8 Å². The van der Waals surface area contributed by atoms with Gasteiger partial charge >= 0.3 is 6.61 Å². The van der Waals surface area contributed by atoms with E-state index in [1.807, 2.05) is 6.07 Å². The number of hydrogen-bond acceptors (Lipinski definition) is 7. The average Bonchev–Trinajstić information content (AvgIpc) is 3.23. The number of alkyl halides is 2. The van der Waals surface area contributed by atoms with Crippen LogP contribution in [0.25, 0.3) is 11.4 Å². The number of piperazine rings is 1. The zero-order valence-corrected chi connectivity index (χ0v) is 17.5. The number of para-hydroxylation sites is 1. The normalized spacial score (nSPS) is 15.3. The van der Waals surface area contributed by atoms with Crippen LogP contribution in [-0.2, 0) is 13.1 Å². The topological polar surface area (TPSA) is 63.9 Å². The maximum atomic E-state index is 13.9. The Labute approximate surface area is 183 Å². The Bertz CT molecular complexity index is 1040. The molecular weight excluding hydrogens is 425 g/mol. The van der Waals surface area contributed by atoms with Crippen LogP contribution < -0.4 is 9.47 Å². The molecule has 0 bridgehead atoms. The molecule has 0 saturated carbocycles. The molecule has 1 aromatic heterocycles. The lowest BCUT2D eigenvalue weighted by Gasteiger charge is -2.33. The molecule has 170 valence electrons. The first-order valence-corrected chi connectivity index (χ1v) is 10.2. The summed E-state index contributed by atoms with van der Waals surface area (Å²) in [5.41, 5.74) is 1.24. The minimum absolute atomic E-state index is 0.00145. The zero-order chi connectivity index (χ0) is 22.5. The largest absolute Gasteiger partial charge is 0.494 e. The van der Waals surface area contributed by atoms with Crippen LogP contribution in [0.1, 0.15) is 11.5 Å². The third-order valence-corrected chi connectivity index (χ3v) is 5.26. The Hall–Kier alpha value is -3.11. The summed E-state index contributed by atoms with van der Waals surface area (Å²) < 4.78 is 54.0. The second-order valence-corrected chi connectivity index (χ2v) is 7.41. The fourth-order valence-electron chi connectivity index (χ4n) is 3.64. The maximum Gasteiger partial charge on any atom is 0.387 e. The average molecular weight is 448 g/mol. The quantitative estimate of drug-likeness (QED) is 0.519. The minimum atomic E-state index is -2.94. The Kier molecular flexibility index (Phi) is 6.91. The van der Waals surface area contributed by atoms with Crippen molar-refractivity contribution < 1.29 is 27.2 Å². The molecule has 3 aromatic rings. The van der Waals surface area contributed by atoms with E-state index in [9.17, 15) is 13.2 Å². The fourth-order valence-corrected chi connectivity index (χ4v) is 3.64. The summed E-state index contributed by atoms with van der Waals surface area (Å²) in [7, 11) is 1.44. The van der Waals surface area contributed by atoms with Crippen molar-refractivity contribution in [2.45, 2.75) is 19.7 Å². The van der Waals surface area contributed by atoms with Crippen LogP contribution in [0.3, 0.4) is 0 Å². The summed E-state index contributed by atoms with van der Waals surface area (Å²) in [6.45, 7) is 1.34. The Morgan fingerprint density at radius 1 is 1.00 bits per heavy atom. The molecule has 0 N–H and O–H groups in total. The van der Waals surface area contributed by atoms with Crippen LogP contribution in [0, 0.1) is 5.82 Å². The number of hydrogen-bond donors (Lipinski definition) is 0. The first-order chi connectivity index (χ1) is 15.5. The molecule has 0 aliphatic carbocycles. The van der Waals surface area contributed by atoms with Crippen molar-refractivity contribution in [3.05, 3.63) is 59.7 Å². The Balaban J connectivity index is 1.32. The molecule has 0 radical (unpaired) electrons. The van der Waals surface area contributed by atoms with E-state index >= 15 is 0 Å². The molecule has 1 fully saturated rings. The second-order valence-electron chi connectivity index (χ2n) is 7.41. The predicted molar refractivity (Wildman–Crippen MR) is 110 cm³/mol. The summed E-state index contributed by atoms with van der Waals surface area (Å²) in [6.07, 6.45) is 0. The van der Waals surface area contributed by atoms with Crippen molar-refractivity contribution in [2.75, 3.05) is 33.3 Å². The van der Waals surface area contributed by atoms with Crippen molar-refractivity contribution in [1.82, 2.24) is 19.9 Å². The summed E-state index contributed by atoms with van der Waals surface area (Å²) in [5, 5.41) is 3.92. The lowest BCUT2D eigenvalue weighted by molar-refractivity contribution is -0.0494. The first kappa shape index (κ1) is 22.1. The van der Waals surface area contributed by atoms with Gasteiger partial charge in [-0.05, 0) is 29.8 Å². The lowest BCUT2D eigenvalue weighted by Crippen LogP contribution is -2.45. The van der Waals surface area contributed by atoms with Gasteiger partial charge in [-0.2, -0.15) is 13.8 Å². The Morgan fingerprint density at radius 3 is 2.41 bits per heavy atom. The van der Waals surface area contributed by atoms with E-state index < -0.39 is 6.61 Å². The second kappa shape index (κ2) is 10.0. The van der Waals surface area contributed by atoms with Crippen molar-refractivity contribution in [1.29, 1.82) is 0 Å². The zero-order valence-electron chi connectivity index (χ0n) is 17.5. The number of methoxy groups -OCH3 is 1. The monoisotopic (exact) mass is 448 g/mol. The summed E-state index contributed by atoms with van der Waals surface area (Å²) in [5.74, 6) is 0.477. The third kappa shape index (κ3) is 5.38. The van der Waals surface area contributed by atoms with Gasteiger partial charge in [-0.25, -0.2) is 4.39 Å². The molecule has 2 heterocycles. The highest BCUT2D eigenvalue weighted by Crippen LogP contribution is 2.29.